The number of unbranched alkanes of at least 4 members (excludes halogenated alkanes) is 5. The lowest BCUT2D eigenvalue weighted by atomic mass is 10.1. The van der Waals surface area contributed by atoms with E-state index in [9.17, 15) is 4.79 Å². The third kappa shape index (κ3) is 17.7. The average Bonchev–Trinajstić information content (AvgIpc) is 2.08. The van der Waals surface area contributed by atoms with E-state index in [1.807, 2.05) is 0 Å². The van der Waals surface area contributed by atoms with Gasteiger partial charge in [0.05, 0.1) is 0 Å². The first-order valence-corrected chi connectivity index (χ1v) is 4.30. The molecule has 0 aliphatic carbocycles. The zero-order valence-corrected chi connectivity index (χ0v) is 7.68. The molecule has 0 aliphatic rings. The van der Waals surface area contributed by atoms with Crippen LogP contribution in [0.4, 0.5) is 0 Å². The summed E-state index contributed by atoms with van der Waals surface area (Å²) in [4.78, 5) is 9.84. The van der Waals surface area contributed by atoms with Crippen LogP contribution >= 0.6 is 0 Å². The van der Waals surface area contributed by atoms with Gasteiger partial charge in [0.1, 0.15) is 6.29 Å². The van der Waals surface area contributed by atoms with Crippen molar-refractivity contribution in [1.82, 2.24) is 0 Å². The van der Waals surface area contributed by atoms with Crippen LogP contribution in [0.3, 0.4) is 0 Å². The highest BCUT2D eigenvalue weighted by molar-refractivity contribution is 5.48. The minimum absolute atomic E-state index is 0.754. The molecule has 0 unspecified atom stereocenters. The summed E-state index contributed by atoms with van der Waals surface area (Å²) in [5.74, 6) is 0. The average molecular weight is 160 g/mol. The van der Waals surface area contributed by atoms with Gasteiger partial charge in [-0.1, -0.05) is 32.6 Å². The number of aliphatic hydroxyl groups excluding tert-OH is 1. The maximum atomic E-state index is 9.84. The number of aldehydes is 1. The Labute approximate surface area is 69.6 Å². The lowest BCUT2D eigenvalue weighted by Crippen LogP contribution is -1.78. The summed E-state index contributed by atoms with van der Waals surface area (Å²) in [7, 11) is 1.00. The predicted octanol–water partition coefficient (Wildman–Crippen LogP) is 2.15. The first kappa shape index (κ1) is 13.2. The van der Waals surface area contributed by atoms with Gasteiger partial charge in [-0.25, -0.2) is 0 Å². The Morgan fingerprint density at radius 1 is 1.09 bits per heavy atom. The number of carbonyl (C=O) groups is 1. The number of rotatable bonds is 6. The molecule has 0 aliphatic heterocycles. The molecule has 0 atom stereocenters. The molecule has 11 heavy (non-hydrogen) atoms. The van der Waals surface area contributed by atoms with Crippen LogP contribution in [0.1, 0.15) is 45.4 Å². The molecule has 68 valence electrons. The van der Waals surface area contributed by atoms with Crippen LogP contribution in [0.5, 0.6) is 0 Å². The molecule has 0 rings (SSSR count). The van der Waals surface area contributed by atoms with E-state index in [4.69, 9.17) is 5.11 Å². The smallest absolute Gasteiger partial charge is 0.119 e. The Morgan fingerprint density at radius 2 is 1.64 bits per heavy atom. The SMILES string of the molecule is CCCCCCCC=O.CO. The van der Waals surface area contributed by atoms with Crippen LogP contribution in [0.25, 0.3) is 0 Å². The molecule has 0 amide bonds. The van der Waals surface area contributed by atoms with Gasteiger partial charge >= 0.3 is 0 Å². The Morgan fingerprint density at radius 3 is 2.09 bits per heavy atom. The number of hydrogen-bond acceptors (Lipinski definition) is 2. The van der Waals surface area contributed by atoms with Crippen molar-refractivity contribution in [1.29, 1.82) is 0 Å². The molecule has 2 heteroatoms. The maximum absolute atomic E-state index is 9.84. The minimum atomic E-state index is 0.754. The van der Waals surface area contributed by atoms with Gasteiger partial charge in [-0.3, -0.25) is 0 Å². The highest BCUT2D eigenvalue weighted by atomic mass is 16.2. The van der Waals surface area contributed by atoms with Crippen LogP contribution in [0.15, 0.2) is 0 Å². The van der Waals surface area contributed by atoms with Crippen molar-refractivity contribution in [3.63, 3.8) is 0 Å². The topological polar surface area (TPSA) is 37.3 Å². The molecule has 0 bridgehead atoms. The zero-order chi connectivity index (χ0) is 8.95. The van der Waals surface area contributed by atoms with Gasteiger partial charge in [0, 0.05) is 13.5 Å². The lowest BCUT2D eigenvalue weighted by molar-refractivity contribution is -0.107. The Kier molecular flexibility index (Phi) is 19.6. The number of hydrogen-bond donors (Lipinski definition) is 1. The summed E-state index contributed by atoms with van der Waals surface area (Å²) in [5, 5.41) is 7.00. The van der Waals surface area contributed by atoms with Crippen LogP contribution in [-0.4, -0.2) is 18.5 Å². The summed E-state index contributed by atoms with van der Waals surface area (Å²) in [6.07, 6.45) is 7.97. The van der Waals surface area contributed by atoms with E-state index in [-0.39, 0.29) is 0 Å². The van der Waals surface area contributed by atoms with Crippen molar-refractivity contribution in [3.8, 4) is 0 Å². The monoisotopic (exact) mass is 160 g/mol. The van der Waals surface area contributed by atoms with E-state index in [0.717, 1.165) is 26.2 Å². The standard InChI is InChI=1S/C8H16O.CH4O/c1-2-3-4-5-6-7-8-9;1-2/h8H,2-7H2,1H3;2H,1H3. The van der Waals surface area contributed by atoms with Crippen molar-refractivity contribution in [2.45, 2.75) is 45.4 Å². The first-order chi connectivity index (χ1) is 5.41. The highest BCUT2D eigenvalue weighted by Crippen LogP contribution is 2.02. The molecule has 0 saturated carbocycles. The molecule has 0 aromatic heterocycles. The minimum Gasteiger partial charge on any atom is -0.400 e. The zero-order valence-electron chi connectivity index (χ0n) is 7.68. The number of aliphatic hydroxyl groups is 1. The van der Waals surface area contributed by atoms with E-state index in [1.54, 1.807) is 0 Å². The number of carbonyl (C=O) groups excluding carboxylic acids is 1. The second-order valence-corrected chi connectivity index (χ2v) is 2.37. The van der Waals surface area contributed by atoms with Crippen molar-refractivity contribution >= 4 is 6.29 Å². The van der Waals surface area contributed by atoms with Crippen molar-refractivity contribution in [2.24, 2.45) is 0 Å². The molecular formula is C9H20O2. The Bertz CT molecular complexity index is 62.6. The van der Waals surface area contributed by atoms with Gasteiger partial charge in [0.2, 0.25) is 0 Å². The quantitative estimate of drug-likeness (QED) is 0.477. The van der Waals surface area contributed by atoms with Crippen LogP contribution in [0.2, 0.25) is 0 Å². The van der Waals surface area contributed by atoms with E-state index in [1.165, 1.54) is 25.7 Å². The summed E-state index contributed by atoms with van der Waals surface area (Å²) in [6, 6.07) is 0. The molecule has 0 saturated heterocycles. The molecule has 2 nitrogen and oxygen atoms in total. The molecule has 0 aromatic rings. The van der Waals surface area contributed by atoms with E-state index in [0.29, 0.717) is 0 Å². The summed E-state index contributed by atoms with van der Waals surface area (Å²) >= 11 is 0. The van der Waals surface area contributed by atoms with Crippen LogP contribution < -0.4 is 0 Å². The summed E-state index contributed by atoms with van der Waals surface area (Å²) in [5.41, 5.74) is 0. The predicted molar refractivity (Wildman–Crippen MR) is 47.6 cm³/mol. The normalized spacial score (nSPS) is 8.27. The fourth-order valence-corrected chi connectivity index (χ4v) is 0.831. The second kappa shape index (κ2) is 16.3. The Balaban J connectivity index is 0. The molecule has 0 radical (unpaired) electrons. The summed E-state index contributed by atoms with van der Waals surface area (Å²) < 4.78 is 0. The van der Waals surface area contributed by atoms with Crippen molar-refractivity contribution < 1.29 is 9.90 Å². The molecular weight excluding hydrogens is 140 g/mol. The fourth-order valence-electron chi connectivity index (χ4n) is 0.831. The maximum Gasteiger partial charge on any atom is 0.119 e. The highest BCUT2D eigenvalue weighted by Gasteiger charge is 1.85. The third-order valence-corrected chi connectivity index (χ3v) is 1.43. The fraction of sp³-hybridized carbons (Fsp3) is 0.889. The van der Waals surface area contributed by atoms with Crippen LogP contribution in [-0.2, 0) is 4.79 Å². The van der Waals surface area contributed by atoms with Gasteiger partial charge < -0.3 is 9.90 Å². The van der Waals surface area contributed by atoms with Gasteiger partial charge in [-0.05, 0) is 6.42 Å². The van der Waals surface area contributed by atoms with E-state index < -0.39 is 0 Å². The van der Waals surface area contributed by atoms with Crippen molar-refractivity contribution in [3.05, 3.63) is 0 Å². The molecule has 0 aromatic carbocycles. The third-order valence-electron chi connectivity index (χ3n) is 1.43. The van der Waals surface area contributed by atoms with Gasteiger partial charge in [-0.2, -0.15) is 0 Å². The second-order valence-electron chi connectivity index (χ2n) is 2.37. The van der Waals surface area contributed by atoms with Gasteiger partial charge in [0.25, 0.3) is 0 Å². The van der Waals surface area contributed by atoms with Crippen LogP contribution in [0, 0.1) is 0 Å². The van der Waals surface area contributed by atoms with Gasteiger partial charge in [-0.15, -0.1) is 0 Å². The molecule has 0 fully saturated rings. The van der Waals surface area contributed by atoms with Gasteiger partial charge in [0.15, 0.2) is 0 Å². The Hall–Kier alpha value is -0.370. The molecule has 0 heterocycles. The summed E-state index contributed by atoms with van der Waals surface area (Å²) in [6.45, 7) is 2.19. The molecule has 1 N–H and O–H groups in total. The first-order valence-electron chi connectivity index (χ1n) is 4.30. The van der Waals surface area contributed by atoms with Crippen molar-refractivity contribution in [2.75, 3.05) is 7.11 Å². The lowest BCUT2D eigenvalue weighted by Gasteiger charge is -1.93. The van der Waals surface area contributed by atoms with E-state index >= 15 is 0 Å². The van der Waals surface area contributed by atoms with E-state index in [2.05, 4.69) is 6.92 Å². The molecule has 0 spiro atoms. The largest absolute Gasteiger partial charge is 0.400 e.